The average Bonchev–Trinajstić information content (AvgIpc) is 3.35. The van der Waals surface area contributed by atoms with Gasteiger partial charge in [0, 0.05) is 44.0 Å². The first-order valence-corrected chi connectivity index (χ1v) is 11.8. The Morgan fingerprint density at radius 1 is 1.09 bits per heavy atom. The zero-order chi connectivity index (χ0) is 23.5. The largest absolute Gasteiger partial charge is 0.378 e. The SMILES string of the molecule is CON1CCN(c2ccc(NC3NC(Cc4ccccc4)N4NNNC4C3C(N)O)cc2)CC1. The summed E-state index contributed by atoms with van der Waals surface area (Å²) in [6, 6.07) is 18.8. The van der Waals surface area contributed by atoms with Crippen molar-refractivity contribution in [2.75, 3.05) is 43.5 Å². The molecule has 5 unspecified atom stereocenters. The fourth-order valence-electron chi connectivity index (χ4n) is 5.04. The number of hydrogen-bond acceptors (Lipinski definition) is 11. The van der Waals surface area contributed by atoms with Gasteiger partial charge >= 0.3 is 0 Å². The van der Waals surface area contributed by atoms with E-state index in [-0.39, 0.29) is 24.4 Å². The molecule has 3 heterocycles. The highest BCUT2D eigenvalue weighted by Crippen LogP contribution is 2.27. The van der Waals surface area contributed by atoms with E-state index in [1.807, 2.05) is 28.3 Å². The maximum absolute atomic E-state index is 10.5. The van der Waals surface area contributed by atoms with E-state index in [0.29, 0.717) is 0 Å². The molecule has 0 aliphatic carbocycles. The summed E-state index contributed by atoms with van der Waals surface area (Å²) in [5, 5.41) is 21.7. The Balaban J connectivity index is 1.29. The number of anilines is 2. The van der Waals surface area contributed by atoms with Gasteiger partial charge in [0.15, 0.2) is 0 Å². The Morgan fingerprint density at radius 2 is 1.82 bits per heavy atom. The van der Waals surface area contributed by atoms with Crippen molar-refractivity contribution in [3.8, 4) is 0 Å². The van der Waals surface area contributed by atoms with E-state index >= 15 is 0 Å². The van der Waals surface area contributed by atoms with Gasteiger partial charge in [-0.25, -0.2) is 5.43 Å². The number of fused-ring (bicyclic) bond motifs is 1. The fraction of sp³-hybridized carbons (Fsp3) is 0.478. The number of piperazine rings is 1. The minimum Gasteiger partial charge on any atom is -0.378 e. The van der Waals surface area contributed by atoms with E-state index in [9.17, 15) is 5.11 Å². The van der Waals surface area contributed by atoms with Crippen LogP contribution in [-0.2, 0) is 11.3 Å². The monoisotopic (exact) mass is 469 g/mol. The van der Waals surface area contributed by atoms with Crippen molar-refractivity contribution in [2.24, 2.45) is 11.7 Å². The lowest BCUT2D eigenvalue weighted by atomic mass is 9.94. The summed E-state index contributed by atoms with van der Waals surface area (Å²) in [7, 11) is 1.72. The lowest BCUT2D eigenvalue weighted by Gasteiger charge is -2.47. The van der Waals surface area contributed by atoms with Crippen LogP contribution in [0, 0.1) is 5.92 Å². The van der Waals surface area contributed by atoms with Crippen molar-refractivity contribution in [2.45, 2.75) is 31.1 Å². The van der Waals surface area contributed by atoms with Crippen LogP contribution in [0.1, 0.15) is 5.56 Å². The molecule has 2 aromatic carbocycles. The van der Waals surface area contributed by atoms with Crippen LogP contribution in [0.5, 0.6) is 0 Å². The predicted octanol–water partition coefficient (Wildman–Crippen LogP) is -0.671. The van der Waals surface area contributed by atoms with Crippen molar-refractivity contribution in [1.82, 2.24) is 31.9 Å². The first kappa shape index (κ1) is 23.4. The molecule has 8 N–H and O–H groups in total. The van der Waals surface area contributed by atoms with Gasteiger partial charge in [0.05, 0.1) is 25.4 Å². The maximum Gasteiger partial charge on any atom is 0.111 e. The quantitative estimate of drug-likeness (QED) is 0.261. The molecule has 0 radical (unpaired) electrons. The molecule has 2 aromatic rings. The van der Waals surface area contributed by atoms with Crippen LogP contribution in [0.2, 0.25) is 0 Å². The van der Waals surface area contributed by atoms with Crippen molar-refractivity contribution in [3.05, 3.63) is 60.2 Å². The van der Waals surface area contributed by atoms with Gasteiger partial charge in [0.25, 0.3) is 0 Å². The van der Waals surface area contributed by atoms with Crippen LogP contribution in [0.15, 0.2) is 54.6 Å². The van der Waals surface area contributed by atoms with Gasteiger partial charge in [-0.2, -0.15) is 21.1 Å². The highest BCUT2D eigenvalue weighted by molar-refractivity contribution is 5.55. The van der Waals surface area contributed by atoms with Crippen LogP contribution in [0.4, 0.5) is 11.4 Å². The first-order chi connectivity index (χ1) is 16.6. The number of benzene rings is 2. The highest BCUT2D eigenvalue weighted by atomic mass is 16.7. The molecule has 3 fully saturated rings. The Morgan fingerprint density at radius 3 is 2.50 bits per heavy atom. The van der Waals surface area contributed by atoms with Crippen molar-refractivity contribution in [3.63, 3.8) is 0 Å². The number of nitrogens with two attached hydrogens (primary N) is 1. The van der Waals surface area contributed by atoms with Gasteiger partial charge in [0.2, 0.25) is 0 Å². The topological polar surface area (TPSA) is 125 Å². The van der Waals surface area contributed by atoms with E-state index in [1.165, 1.54) is 11.3 Å². The minimum atomic E-state index is -1.03. The summed E-state index contributed by atoms with van der Waals surface area (Å²) in [5.41, 5.74) is 18.7. The van der Waals surface area contributed by atoms with Crippen molar-refractivity contribution in [1.29, 1.82) is 0 Å². The molecule has 11 nitrogen and oxygen atoms in total. The molecular formula is C23H35N9O2. The molecule has 34 heavy (non-hydrogen) atoms. The third-order valence-corrected chi connectivity index (χ3v) is 6.88. The van der Waals surface area contributed by atoms with Gasteiger partial charge in [0.1, 0.15) is 12.4 Å². The third-order valence-electron chi connectivity index (χ3n) is 6.88. The molecule has 3 aliphatic heterocycles. The molecular weight excluding hydrogens is 434 g/mol. The maximum atomic E-state index is 10.5. The van der Waals surface area contributed by atoms with E-state index in [1.54, 1.807) is 7.11 Å². The van der Waals surface area contributed by atoms with Crippen LogP contribution in [-0.4, -0.2) is 73.2 Å². The standard InChI is InChI=1S/C23H35N9O2/c1-34-31-13-11-30(12-14-31)18-9-7-17(8-10-18)25-22-20(21(24)33)23-27-28-29-32(23)19(26-22)15-16-5-3-2-4-6-16/h2-10,19-23,25-29,33H,11-15,24H2,1H3. The molecule has 184 valence electrons. The number of nitrogens with zero attached hydrogens (tertiary/aromatic N) is 3. The number of hydrogen-bond donors (Lipinski definition) is 7. The summed E-state index contributed by atoms with van der Waals surface area (Å²) in [6.07, 6.45) is -0.727. The lowest BCUT2D eigenvalue weighted by molar-refractivity contribution is -0.133. The Labute approximate surface area is 200 Å². The third kappa shape index (κ3) is 5.03. The molecule has 0 spiro atoms. The zero-order valence-electron chi connectivity index (χ0n) is 19.4. The Hall–Kier alpha value is -2.32. The van der Waals surface area contributed by atoms with Gasteiger partial charge < -0.3 is 25.9 Å². The summed E-state index contributed by atoms with van der Waals surface area (Å²) in [4.78, 5) is 7.69. The minimum absolute atomic E-state index is 0.0289. The Kier molecular flexibility index (Phi) is 7.25. The van der Waals surface area contributed by atoms with Crippen LogP contribution < -0.4 is 37.8 Å². The van der Waals surface area contributed by atoms with Gasteiger partial charge in [-0.1, -0.05) is 30.3 Å². The molecule has 0 aromatic heterocycles. The zero-order valence-corrected chi connectivity index (χ0v) is 19.4. The summed E-state index contributed by atoms with van der Waals surface area (Å²) in [5.74, 6) is -0.323. The molecule has 11 heteroatoms. The number of aliphatic hydroxyl groups excluding tert-OH is 1. The number of nitrogens with one attached hydrogen (secondary N) is 5. The van der Waals surface area contributed by atoms with E-state index in [0.717, 1.165) is 38.3 Å². The lowest BCUT2D eigenvalue weighted by Crippen LogP contribution is -2.72. The predicted molar refractivity (Wildman–Crippen MR) is 130 cm³/mol. The van der Waals surface area contributed by atoms with E-state index < -0.39 is 6.23 Å². The normalized spacial score (nSPS) is 29.1. The summed E-state index contributed by atoms with van der Waals surface area (Å²) in [6.45, 7) is 3.62. The molecule has 3 saturated heterocycles. The van der Waals surface area contributed by atoms with Gasteiger partial charge in [-0.05, 0) is 29.8 Å². The number of rotatable bonds is 7. The molecule has 0 bridgehead atoms. The van der Waals surface area contributed by atoms with E-state index in [4.69, 9.17) is 10.6 Å². The second-order valence-electron chi connectivity index (χ2n) is 8.94. The van der Waals surface area contributed by atoms with Crippen molar-refractivity contribution >= 4 is 11.4 Å². The van der Waals surface area contributed by atoms with Crippen LogP contribution >= 0.6 is 0 Å². The van der Waals surface area contributed by atoms with Crippen molar-refractivity contribution < 1.29 is 9.94 Å². The second kappa shape index (κ2) is 10.5. The molecule has 3 aliphatic rings. The van der Waals surface area contributed by atoms with Gasteiger partial charge in [-0.3, -0.25) is 5.32 Å². The highest BCUT2D eigenvalue weighted by Gasteiger charge is 2.47. The van der Waals surface area contributed by atoms with E-state index in [2.05, 4.69) is 68.4 Å². The second-order valence-corrected chi connectivity index (χ2v) is 8.94. The summed E-state index contributed by atoms with van der Waals surface area (Å²) < 4.78 is 0. The molecule has 0 amide bonds. The van der Waals surface area contributed by atoms with Crippen LogP contribution in [0.25, 0.3) is 0 Å². The van der Waals surface area contributed by atoms with Crippen LogP contribution in [0.3, 0.4) is 0 Å². The average molecular weight is 470 g/mol. The molecule has 0 saturated carbocycles. The number of aliphatic hydroxyl groups is 1. The molecule has 5 rings (SSSR count). The van der Waals surface area contributed by atoms with Gasteiger partial charge in [-0.15, -0.1) is 0 Å². The number of hydroxylamine groups is 2. The summed E-state index contributed by atoms with van der Waals surface area (Å²) >= 11 is 0. The molecule has 5 atom stereocenters. The first-order valence-electron chi connectivity index (χ1n) is 11.8. The smallest absolute Gasteiger partial charge is 0.111 e. The fourth-order valence-corrected chi connectivity index (χ4v) is 5.04. The Bertz CT molecular complexity index is 908. The number of hydrazine groups is 3.